The van der Waals surface area contributed by atoms with Crippen molar-refractivity contribution >= 4 is 0 Å². The summed E-state index contributed by atoms with van der Waals surface area (Å²) in [5.41, 5.74) is 4.20. The number of aryl methyl sites for hydroxylation is 1. The molecule has 1 atom stereocenters. The second-order valence-electron chi connectivity index (χ2n) is 4.61. The maximum atomic E-state index is 5.63. The lowest BCUT2D eigenvalue weighted by atomic mass is 9.92. The lowest BCUT2D eigenvalue weighted by Crippen LogP contribution is -1.95. The summed E-state index contributed by atoms with van der Waals surface area (Å²) in [6.45, 7) is 9.73. The third kappa shape index (κ3) is 1.41. The summed E-state index contributed by atoms with van der Waals surface area (Å²) >= 11 is 0. The van der Waals surface area contributed by atoms with Gasteiger partial charge in [-0.2, -0.15) is 0 Å². The fourth-order valence-electron chi connectivity index (χ4n) is 2.15. The average molecular weight is 190 g/mol. The monoisotopic (exact) mass is 190 g/mol. The average Bonchev–Trinajstić information content (AvgIpc) is 2.46. The molecule has 1 aromatic carbocycles. The number of ether oxygens (including phenoxy) is 1. The van der Waals surface area contributed by atoms with Gasteiger partial charge in [0.15, 0.2) is 0 Å². The lowest BCUT2D eigenvalue weighted by molar-refractivity contribution is 0.337. The Bertz CT molecular complexity index is 352. The van der Waals surface area contributed by atoms with Crippen LogP contribution in [0.15, 0.2) is 12.1 Å². The van der Waals surface area contributed by atoms with E-state index in [9.17, 15) is 0 Å². The molecule has 0 fully saturated rings. The summed E-state index contributed by atoms with van der Waals surface area (Å²) in [5, 5.41) is 0. The second kappa shape index (κ2) is 3.30. The van der Waals surface area contributed by atoms with Gasteiger partial charge in [-0.1, -0.05) is 26.8 Å². The van der Waals surface area contributed by atoms with Crippen LogP contribution in [0.5, 0.6) is 5.75 Å². The molecule has 0 saturated heterocycles. The Morgan fingerprint density at radius 3 is 2.71 bits per heavy atom. The van der Waals surface area contributed by atoms with Crippen LogP contribution in [0.2, 0.25) is 0 Å². The van der Waals surface area contributed by atoms with Crippen molar-refractivity contribution in [3.05, 3.63) is 28.8 Å². The minimum atomic E-state index is 0.558. The predicted octanol–water partition coefficient (Wildman–Crippen LogP) is 3.61. The summed E-state index contributed by atoms with van der Waals surface area (Å²) < 4.78 is 5.63. The highest BCUT2D eigenvalue weighted by Crippen LogP contribution is 2.37. The van der Waals surface area contributed by atoms with Crippen LogP contribution >= 0.6 is 0 Å². The number of fused-ring (bicyclic) bond motifs is 1. The Morgan fingerprint density at radius 1 is 1.36 bits per heavy atom. The van der Waals surface area contributed by atoms with E-state index in [1.807, 2.05) is 0 Å². The van der Waals surface area contributed by atoms with E-state index in [0.29, 0.717) is 11.8 Å². The van der Waals surface area contributed by atoms with Gasteiger partial charge in [0.05, 0.1) is 6.61 Å². The molecule has 1 unspecified atom stereocenters. The second-order valence-corrected chi connectivity index (χ2v) is 4.61. The third-order valence-corrected chi connectivity index (χ3v) is 3.04. The molecule has 0 bridgehead atoms. The molecule has 0 saturated carbocycles. The van der Waals surface area contributed by atoms with Gasteiger partial charge in [-0.15, -0.1) is 0 Å². The zero-order valence-electron chi connectivity index (χ0n) is 9.42. The molecule has 14 heavy (non-hydrogen) atoms. The van der Waals surface area contributed by atoms with Crippen LogP contribution in [0.1, 0.15) is 49.3 Å². The van der Waals surface area contributed by atoms with Crippen LogP contribution < -0.4 is 4.74 Å². The molecule has 1 aliphatic heterocycles. The van der Waals surface area contributed by atoms with Gasteiger partial charge in [0.1, 0.15) is 5.75 Å². The SMILES string of the molecule is Cc1cc2c(cc1C(C)C)C(C)CO2. The molecule has 2 rings (SSSR count). The molecule has 0 aromatic heterocycles. The van der Waals surface area contributed by atoms with E-state index in [0.717, 1.165) is 12.4 Å². The summed E-state index contributed by atoms with van der Waals surface area (Å²) in [5.74, 6) is 2.26. The molecule has 0 N–H and O–H groups in total. The van der Waals surface area contributed by atoms with Crippen molar-refractivity contribution in [2.75, 3.05) is 6.61 Å². The molecular weight excluding hydrogens is 172 g/mol. The van der Waals surface area contributed by atoms with Gasteiger partial charge in [-0.3, -0.25) is 0 Å². The molecule has 0 aliphatic carbocycles. The van der Waals surface area contributed by atoms with Crippen LogP contribution in [-0.2, 0) is 0 Å². The summed E-state index contributed by atoms with van der Waals surface area (Å²) in [6, 6.07) is 4.52. The van der Waals surface area contributed by atoms with Gasteiger partial charge in [0.2, 0.25) is 0 Å². The molecule has 0 radical (unpaired) electrons. The highest BCUT2D eigenvalue weighted by molar-refractivity contribution is 5.47. The number of rotatable bonds is 1. The fraction of sp³-hybridized carbons (Fsp3) is 0.538. The van der Waals surface area contributed by atoms with Gasteiger partial charge >= 0.3 is 0 Å². The Hall–Kier alpha value is -0.980. The molecule has 0 amide bonds. The summed E-state index contributed by atoms with van der Waals surface area (Å²) in [4.78, 5) is 0. The largest absolute Gasteiger partial charge is 0.493 e. The standard InChI is InChI=1S/C13H18O/c1-8(2)11-6-12-10(4)7-14-13(12)5-9(11)3/h5-6,8,10H,7H2,1-4H3. The van der Waals surface area contributed by atoms with E-state index in [-0.39, 0.29) is 0 Å². The number of hydrogen-bond donors (Lipinski definition) is 0. The number of benzene rings is 1. The zero-order valence-corrected chi connectivity index (χ0v) is 9.42. The van der Waals surface area contributed by atoms with Gasteiger partial charge in [-0.25, -0.2) is 0 Å². The molecule has 1 aliphatic rings. The van der Waals surface area contributed by atoms with Crippen molar-refractivity contribution in [1.29, 1.82) is 0 Å². The first-order chi connectivity index (χ1) is 6.59. The maximum Gasteiger partial charge on any atom is 0.123 e. The maximum absolute atomic E-state index is 5.63. The normalized spacial score (nSPS) is 19.6. The number of hydrogen-bond acceptors (Lipinski definition) is 1. The van der Waals surface area contributed by atoms with Crippen molar-refractivity contribution in [2.45, 2.75) is 39.5 Å². The summed E-state index contributed by atoms with van der Waals surface area (Å²) in [6.07, 6.45) is 0. The molecular formula is C13H18O. The van der Waals surface area contributed by atoms with E-state index < -0.39 is 0 Å². The Morgan fingerprint density at radius 2 is 2.07 bits per heavy atom. The highest BCUT2D eigenvalue weighted by Gasteiger charge is 2.21. The first-order valence-electron chi connectivity index (χ1n) is 5.37. The smallest absolute Gasteiger partial charge is 0.123 e. The van der Waals surface area contributed by atoms with Crippen molar-refractivity contribution in [1.82, 2.24) is 0 Å². The van der Waals surface area contributed by atoms with Crippen LogP contribution in [-0.4, -0.2) is 6.61 Å². The Kier molecular flexibility index (Phi) is 2.26. The van der Waals surface area contributed by atoms with E-state index in [1.54, 1.807) is 0 Å². The highest BCUT2D eigenvalue weighted by atomic mass is 16.5. The molecule has 1 aromatic rings. The van der Waals surface area contributed by atoms with Crippen molar-refractivity contribution in [3.63, 3.8) is 0 Å². The van der Waals surface area contributed by atoms with Crippen LogP contribution in [0.25, 0.3) is 0 Å². The van der Waals surface area contributed by atoms with Gasteiger partial charge < -0.3 is 4.74 Å². The molecule has 1 heteroatoms. The van der Waals surface area contributed by atoms with Crippen LogP contribution in [0.3, 0.4) is 0 Å². The quantitative estimate of drug-likeness (QED) is 0.657. The van der Waals surface area contributed by atoms with Crippen LogP contribution in [0.4, 0.5) is 0 Å². The van der Waals surface area contributed by atoms with Crippen molar-refractivity contribution in [3.8, 4) is 5.75 Å². The first-order valence-corrected chi connectivity index (χ1v) is 5.37. The first kappa shape index (κ1) is 9.57. The van der Waals surface area contributed by atoms with E-state index in [2.05, 4.69) is 39.8 Å². The molecule has 76 valence electrons. The minimum absolute atomic E-state index is 0.558. The minimum Gasteiger partial charge on any atom is -0.493 e. The fourth-order valence-corrected chi connectivity index (χ4v) is 2.15. The zero-order chi connectivity index (χ0) is 10.3. The molecule has 0 spiro atoms. The van der Waals surface area contributed by atoms with Crippen LogP contribution in [0, 0.1) is 6.92 Å². The molecule has 1 nitrogen and oxygen atoms in total. The Balaban J connectivity index is 2.51. The van der Waals surface area contributed by atoms with Crippen molar-refractivity contribution < 1.29 is 4.74 Å². The summed E-state index contributed by atoms with van der Waals surface area (Å²) in [7, 11) is 0. The van der Waals surface area contributed by atoms with Gasteiger partial charge in [-0.05, 0) is 30.0 Å². The predicted molar refractivity (Wildman–Crippen MR) is 59.2 cm³/mol. The molecule has 1 heterocycles. The van der Waals surface area contributed by atoms with E-state index in [4.69, 9.17) is 4.74 Å². The van der Waals surface area contributed by atoms with Gasteiger partial charge in [0, 0.05) is 11.5 Å². The van der Waals surface area contributed by atoms with E-state index in [1.165, 1.54) is 16.7 Å². The van der Waals surface area contributed by atoms with E-state index >= 15 is 0 Å². The van der Waals surface area contributed by atoms with Crippen molar-refractivity contribution in [2.24, 2.45) is 0 Å². The topological polar surface area (TPSA) is 9.23 Å². The lowest BCUT2D eigenvalue weighted by Gasteiger charge is -2.12. The third-order valence-electron chi connectivity index (χ3n) is 3.04. The van der Waals surface area contributed by atoms with Gasteiger partial charge in [0.25, 0.3) is 0 Å². The Labute approximate surface area is 86.1 Å².